The summed E-state index contributed by atoms with van der Waals surface area (Å²) in [5, 5.41) is 3.37. The van der Waals surface area contributed by atoms with E-state index in [2.05, 4.69) is 15.2 Å². The first kappa shape index (κ1) is 21.4. The zero-order chi connectivity index (χ0) is 15.7. The van der Waals surface area contributed by atoms with E-state index in [0.717, 1.165) is 51.5 Å². The zero-order valence-corrected chi connectivity index (χ0v) is 16.3. The number of primary amides is 1. The molecule has 22 heavy (non-hydrogen) atoms. The van der Waals surface area contributed by atoms with Crippen LogP contribution in [0.4, 0.5) is 0 Å². The number of halogens is 1. The van der Waals surface area contributed by atoms with Crippen molar-refractivity contribution in [1.82, 2.24) is 10.2 Å². The Morgan fingerprint density at radius 1 is 1.50 bits per heavy atom. The van der Waals surface area contributed by atoms with Crippen LogP contribution < -0.4 is 11.1 Å². The Bertz CT molecular complexity index is 350. The van der Waals surface area contributed by atoms with Gasteiger partial charge in [-0.2, -0.15) is 0 Å². The first-order valence-electron chi connectivity index (χ1n) is 7.88. The Morgan fingerprint density at radius 2 is 2.23 bits per heavy atom. The molecule has 0 radical (unpaired) electrons. The fraction of sp³-hybridized carbons (Fsp3) is 0.867. The average molecular weight is 426 g/mol. The first-order chi connectivity index (χ1) is 10.0. The van der Waals surface area contributed by atoms with Gasteiger partial charge < -0.3 is 20.7 Å². The molecule has 0 spiro atoms. The number of rotatable bonds is 7. The third-order valence-corrected chi connectivity index (χ3v) is 3.58. The highest BCUT2D eigenvalue weighted by Crippen LogP contribution is 2.19. The van der Waals surface area contributed by atoms with E-state index in [0.29, 0.717) is 12.3 Å². The van der Waals surface area contributed by atoms with Crippen LogP contribution in [0.25, 0.3) is 0 Å². The van der Waals surface area contributed by atoms with Crippen LogP contribution in [0.2, 0.25) is 0 Å². The topological polar surface area (TPSA) is 80.0 Å². The molecule has 1 atom stereocenters. The Kier molecular flexibility index (Phi) is 11.6. The molecule has 6 nitrogen and oxygen atoms in total. The van der Waals surface area contributed by atoms with Gasteiger partial charge in [0.05, 0.1) is 6.10 Å². The summed E-state index contributed by atoms with van der Waals surface area (Å²) in [6, 6.07) is 0. The normalized spacial score (nSPS) is 19.0. The highest BCUT2D eigenvalue weighted by Gasteiger charge is 2.23. The van der Waals surface area contributed by atoms with Gasteiger partial charge in [0.15, 0.2) is 5.96 Å². The van der Waals surface area contributed by atoms with Crippen molar-refractivity contribution in [2.45, 2.75) is 45.6 Å². The van der Waals surface area contributed by atoms with Crippen LogP contribution in [-0.2, 0) is 9.53 Å². The minimum absolute atomic E-state index is 0. The number of nitrogens with one attached hydrogen (secondary N) is 1. The van der Waals surface area contributed by atoms with Gasteiger partial charge in [-0.3, -0.25) is 9.79 Å². The summed E-state index contributed by atoms with van der Waals surface area (Å²) < 4.78 is 5.52. The Balaban J connectivity index is 0.00000441. The van der Waals surface area contributed by atoms with Gasteiger partial charge in [-0.05, 0) is 39.0 Å². The number of likely N-dealkylation sites (tertiary alicyclic amines) is 1. The molecule has 0 bridgehead atoms. The van der Waals surface area contributed by atoms with Crippen LogP contribution in [0, 0.1) is 5.92 Å². The summed E-state index contributed by atoms with van der Waals surface area (Å²) in [7, 11) is 1.80. The molecule has 1 rings (SSSR count). The highest BCUT2D eigenvalue weighted by molar-refractivity contribution is 14.0. The lowest BCUT2D eigenvalue weighted by Gasteiger charge is -2.34. The lowest BCUT2D eigenvalue weighted by molar-refractivity contribution is -0.119. The van der Waals surface area contributed by atoms with E-state index >= 15 is 0 Å². The molecule has 0 aromatic carbocycles. The fourth-order valence-electron chi connectivity index (χ4n) is 2.63. The van der Waals surface area contributed by atoms with Gasteiger partial charge in [0.25, 0.3) is 0 Å². The van der Waals surface area contributed by atoms with Crippen molar-refractivity contribution in [3.05, 3.63) is 0 Å². The molecule has 1 aliphatic heterocycles. The molecular weight excluding hydrogens is 395 g/mol. The van der Waals surface area contributed by atoms with Crippen molar-refractivity contribution in [1.29, 1.82) is 0 Å². The Hall–Kier alpha value is -0.570. The minimum Gasteiger partial charge on any atom is -0.379 e. The van der Waals surface area contributed by atoms with E-state index in [4.69, 9.17) is 10.5 Å². The third kappa shape index (κ3) is 8.77. The van der Waals surface area contributed by atoms with Crippen molar-refractivity contribution >= 4 is 35.8 Å². The number of hydrogen-bond donors (Lipinski definition) is 2. The molecule has 1 heterocycles. The Morgan fingerprint density at radius 3 is 2.82 bits per heavy atom. The van der Waals surface area contributed by atoms with Crippen LogP contribution in [0.3, 0.4) is 0 Å². The molecule has 0 saturated carbocycles. The fourth-order valence-corrected chi connectivity index (χ4v) is 2.63. The van der Waals surface area contributed by atoms with Gasteiger partial charge in [-0.25, -0.2) is 0 Å². The zero-order valence-electron chi connectivity index (χ0n) is 14.0. The lowest BCUT2D eigenvalue weighted by atomic mass is 9.95. The van der Waals surface area contributed by atoms with E-state index in [1.807, 2.05) is 13.8 Å². The van der Waals surface area contributed by atoms with Crippen LogP contribution >= 0.6 is 24.0 Å². The molecule has 0 aromatic rings. The number of nitrogens with two attached hydrogens (primary N) is 1. The Labute approximate surface area is 151 Å². The predicted octanol–water partition coefficient (Wildman–Crippen LogP) is 1.58. The van der Waals surface area contributed by atoms with Gasteiger partial charge in [0, 0.05) is 39.7 Å². The average Bonchev–Trinajstić information content (AvgIpc) is 2.42. The number of carbonyl (C=O) groups excluding carboxylic acids is 1. The second-order valence-corrected chi connectivity index (χ2v) is 5.87. The second-order valence-electron chi connectivity index (χ2n) is 5.87. The van der Waals surface area contributed by atoms with Crippen molar-refractivity contribution in [2.24, 2.45) is 16.6 Å². The van der Waals surface area contributed by atoms with Gasteiger partial charge in [-0.15, -0.1) is 24.0 Å². The second kappa shape index (κ2) is 11.9. The molecule has 1 aliphatic rings. The predicted molar refractivity (Wildman–Crippen MR) is 101 cm³/mol. The van der Waals surface area contributed by atoms with Crippen molar-refractivity contribution in [2.75, 3.05) is 33.3 Å². The summed E-state index contributed by atoms with van der Waals surface area (Å²) in [5.41, 5.74) is 5.30. The van der Waals surface area contributed by atoms with Crippen LogP contribution in [-0.4, -0.2) is 56.2 Å². The first-order valence-corrected chi connectivity index (χ1v) is 7.88. The van der Waals surface area contributed by atoms with E-state index in [9.17, 15) is 4.79 Å². The van der Waals surface area contributed by atoms with Crippen molar-refractivity contribution < 1.29 is 9.53 Å². The SMILES string of the molecule is CN=C(NCCCOC(C)C)N1CCCC(CC(N)=O)C1.I. The largest absolute Gasteiger partial charge is 0.379 e. The number of nitrogens with zero attached hydrogens (tertiary/aromatic N) is 2. The van der Waals surface area contributed by atoms with Crippen molar-refractivity contribution in [3.8, 4) is 0 Å². The number of amides is 1. The molecule has 130 valence electrons. The third-order valence-electron chi connectivity index (χ3n) is 3.58. The molecule has 3 N–H and O–H groups in total. The monoisotopic (exact) mass is 426 g/mol. The molecular formula is C15H31IN4O2. The molecule has 0 aromatic heterocycles. The summed E-state index contributed by atoms with van der Waals surface area (Å²) in [5.74, 6) is 1.04. The van der Waals surface area contributed by atoms with E-state index < -0.39 is 0 Å². The van der Waals surface area contributed by atoms with Gasteiger partial charge in [0.2, 0.25) is 5.91 Å². The van der Waals surface area contributed by atoms with Gasteiger partial charge in [-0.1, -0.05) is 0 Å². The lowest BCUT2D eigenvalue weighted by Crippen LogP contribution is -2.47. The minimum atomic E-state index is -0.212. The van der Waals surface area contributed by atoms with E-state index in [-0.39, 0.29) is 36.0 Å². The number of carbonyl (C=O) groups is 1. The molecule has 1 fully saturated rings. The van der Waals surface area contributed by atoms with Crippen LogP contribution in [0.15, 0.2) is 4.99 Å². The highest BCUT2D eigenvalue weighted by atomic mass is 127. The number of hydrogen-bond acceptors (Lipinski definition) is 3. The maximum Gasteiger partial charge on any atom is 0.217 e. The summed E-state index contributed by atoms with van der Waals surface area (Å²) in [6.07, 6.45) is 3.85. The smallest absolute Gasteiger partial charge is 0.217 e. The molecule has 7 heteroatoms. The quantitative estimate of drug-likeness (QED) is 0.281. The van der Waals surface area contributed by atoms with Gasteiger partial charge >= 0.3 is 0 Å². The van der Waals surface area contributed by atoms with Gasteiger partial charge in [0.1, 0.15) is 0 Å². The number of piperidine rings is 1. The molecule has 0 aliphatic carbocycles. The van der Waals surface area contributed by atoms with Crippen LogP contribution in [0.1, 0.15) is 39.5 Å². The standard InChI is InChI=1S/C15H30N4O2.HI/c1-12(2)21-9-5-7-18-15(17-3)19-8-4-6-13(11-19)10-14(16)20;/h12-13H,4-11H2,1-3H3,(H2,16,20)(H,17,18);1H. The van der Waals surface area contributed by atoms with Crippen molar-refractivity contribution in [3.63, 3.8) is 0 Å². The number of aliphatic imine (C=N–C) groups is 1. The van der Waals surface area contributed by atoms with E-state index in [1.165, 1.54) is 0 Å². The molecule has 1 amide bonds. The summed E-state index contributed by atoms with van der Waals surface area (Å²) >= 11 is 0. The maximum absolute atomic E-state index is 11.1. The number of ether oxygens (including phenoxy) is 1. The maximum atomic E-state index is 11.1. The molecule has 1 saturated heterocycles. The summed E-state index contributed by atoms with van der Waals surface area (Å²) in [4.78, 5) is 17.6. The molecule has 1 unspecified atom stereocenters. The summed E-state index contributed by atoms with van der Waals surface area (Å²) in [6.45, 7) is 7.52. The van der Waals surface area contributed by atoms with Crippen LogP contribution in [0.5, 0.6) is 0 Å². The van der Waals surface area contributed by atoms with E-state index in [1.54, 1.807) is 7.05 Å². The number of guanidine groups is 1.